The molecule has 0 radical (unpaired) electrons. The lowest BCUT2D eigenvalue weighted by atomic mass is 10.2. The molecule has 0 atom stereocenters. The highest BCUT2D eigenvalue weighted by atomic mass is 32.2. The van der Waals surface area contributed by atoms with E-state index < -0.39 is 0 Å². The topological polar surface area (TPSA) is 69.6 Å². The van der Waals surface area contributed by atoms with Crippen molar-refractivity contribution in [2.75, 3.05) is 0 Å². The van der Waals surface area contributed by atoms with Gasteiger partial charge in [-0.25, -0.2) is 0 Å². The normalized spacial score (nSPS) is 11.0. The average molecular weight is 301 g/mol. The third-order valence-electron chi connectivity index (χ3n) is 3.05. The van der Waals surface area contributed by atoms with E-state index in [1.165, 1.54) is 17.3 Å². The number of para-hydroxylation sites is 1. The maximum absolute atomic E-state index is 5.12. The van der Waals surface area contributed by atoms with Crippen LogP contribution in [0.4, 0.5) is 0 Å². The Labute approximate surface area is 126 Å². The summed E-state index contributed by atoms with van der Waals surface area (Å²) >= 11 is 1.53. The van der Waals surface area contributed by atoms with E-state index in [1.54, 1.807) is 6.92 Å². The van der Waals surface area contributed by atoms with Crippen LogP contribution in [-0.4, -0.2) is 24.9 Å². The van der Waals surface area contributed by atoms with E-state index in [0.717, 1.165) is 16.7 Å². The standard InChI is InChI=1S/C14H15N5OS/c1-9-6-4-5-7-12(9)19-11(3)16-17-14(19)21-8-13-15-10(2)18-20-13/h4-7H,8H2,1-3H3. The van der Waals surface area contributed by atoms with Crippen LogP contribution in [0.3, 0.4) is 0 Å². The molecule has 108 valence electrons. The van der Waals surface area contributed by atoms with Crippen LogP contribution in [0, 0.1) is 20.8 Å². The van der Waals surface area contributed by atoms with E-state index in [1.807, 2.05) is 23.6 Å². The quantitative estimate of drug-likeness (QED) is 0.690. The number of hydrogen-bond donors (Lipinski definition) is 0. The SMILES string of the molecule is Cc1noc(CSc2nnc(C)n2-c2ccccc2C)n1. The molecule has 0 saturated carbocycles. The highest BCUT2D eigenvalue weighted by Gasteiger charge is 2.14. The average Bonchev–Trinajstić information content (AvgIpc) is 3.04. The molecule has 0 fully saturated rings. The van der Waals surface area contributed by atoms with E-state index >= 15 is 0 Å². The first kappa shape index (κ1) is 13.8. The third-order valence-corrected chi connectivity index (χ3v) is 3.96. The first-order chi connectivity index (χ1) is 10.1. The van der Waals surface area contributed by atoms with Gasteiger partial charge in [-0.2, -0.15) is 4.98 Å². The number of benzene rings is 1. The summed E-state index contributed by atoms with van der Waals surface area (Å²) in [6.45, 7) is 5.82. The van der Waals surface area contributed by atoms with Gasteiger partial charge >= 0.3 is 0 Å². The summed E-state index contributed by atoms with van der Waals surface area (Å²) in [5.41, 5.74) is 2.26. The zero-order chi connectivity index (χ0) is 14.8. The van der Waals surface area contributed by atoms with Gasteiger partial charge in [0.1, 0.15) is 5.82 Å². The van der Waals surface area contributed by atoms with Crippen molar-refractivity contribution in [3.05, 3.63) is 47.4 Å². The Balaban J connectivity index is 1.89. The van der Waals surface area contributed by atoms with Crippen molar-refractivity contribution in [2.45, 2.75) is 31.7 Å². The van der Waals surface area contributed by atoms with Gasteiger partial charge in [0, 0.05) is 0 Å². The Kier molecular flexibility index (Phi) is 3.74. The van der Waals surface area contributed by atoms with Gasteiger partial charge in [0.2, 0.25) is 5.89 Å². The lowest BCUT2D eigenvalue weighted by Gasteiger charge is -2.10. The number of thioether (sulfide) groups is 1. The molecule has 2 aromatic heterocycles. The lowest BCUT2D eigenvalue weighted by Crippen LogP contribution is -2.01. The van der Waals surface area contributed by atoms with Crippen LogP contribution in [0.25, 0.3) is 5.69 Å². The maximum Gasteiger partial charge on any atom is 0.237 e. The molecule has 0 N–H and O–H groups in total. The van der Waals surface area contributed by atoms with Crippen LogP contribution in [-0.2, 0) is 5.75 Å². The molecule has 0 amide bonds. The number of aromatic nitrogens is 5. The van der Waals surface area contributed by atoms with Crippen molar-refractivity contribution in [1.29, 1.82) is 0 Å². The van der Waals surface area contributed by atoms with Crippen LogP contribution < -0.4 is 0 Å². The summed E-state index contributed by atoms with van der Waals surface area (Å²) in [5.74, 6) is 2.66. The monoisotopic (exact) mass is 301 g/mol. The zero-order valence-corrected chi connectivity index (χ0v) is 12.9. The van der Waals surface area contributed by atoms with Gasteiger partial charge < -0.3 is 4.52 Å². The minimum Gasteiger partial charge on any atom is -0.338 e. The fourth-order valence-electron chi connectivity index (χ4n) is 2.05. The fraction of sp³-hybridized carbons (Fsp3) is 0.286. The van der Waals surface area contributed by atoms with Crippen molar-refractivity contribution < 1.29 is 4.52 Å². The number of hydrogen-bond acceptors (Lipinski definition) is 6. The molecule has 6 nitrogen and oxygen atoms in total. The highest BCUT2D eigenvalue weighted by Crippen LogP contribution is 2.25. The van der Waals surface area contributed by atoms with Gasteiger partial charge in [-0.05, 0) is 32.4 Å². The summed E-state index contributed by atoms with van der Waals surface area (Å²) in [6, 6.07) is 8.17. The molecule has 1 aromatic carbocycles. The van der Waals surface area contributed by atoms with E-state index in [9.17, 15) is 0 Å². The molecule has 7 heteroatoms. The summed E-state index contributed by atoms with van der Waals surface area (Å²) in [7, 11) is 0. The second-order valence-electron chi connectivity index (χ2n) is 4.68. The van der Waals surface area contributed by atoms with Gasteiger partial charge in [0.05, 0.1) is 11.4 Å². The van der Waals surface area contributed by atoms with Crippen LogP contribution in [0.15, 0.2) is 33.9 Å². The van der Waals surface area contributed by atoms with Gasteiger partial charge in [-0.1, -0.05) is 35.1 Å². The smallest absolute Gasteiger partial charge is 0.237 e. The van der Waals surface area contributed by atoms with Crippen molar-refractivity contribution in [1.82, 2.24) is 24.9 Å². The third kappa shape index (κ3) is 2.82. The number of aryl methyl sites for hydroxylation is 3. The number of nitrogens with zero attached hydrogens (tertiary/aromatic N) is 5. The zero-order valence-electron chi connectivity index (χ0n) is 12.1. The molecule has 0 aliphatic heterocycles. The Bertz CT molecular complexity index is 764. The molecule has 0 saturated heterocycles. The number of rotatable bonds is 4. The summed E-state index contributed by atoms with van der Waals surface area (Å²) in [4.78, 5) is 4.20. The predicted octanol–water partition coefficient (Wildman–Crippen LogP) is 2.87. The first-order valence-electron chi connectivity index (χ1n) is 6.55. The first-order valence-corrected chi connectivity index (χ1v) is 7.53. The largest absolute Gasteiger partial charge is 0.338 e. The molecule has 3 aromatic rings. The van der Waals surface area contributed by atoms with Crippen molar-refractivity contribution in [2.24, 2.45) is 0 Å². The van der Waals surface area contributed by atoms with E-state index in [0.29, 0.717) is 17.5 Å². The van der Waals surface area contributed by atoms with E-state index in [2.05, 4.69) is 39.4 Å². The summed E-state index contributed by atoms with van der Waals surface area (Å²) in [6.07, 6.45) is 0. The van der Waals surface area contributed by atoms with E-state index in [4.69, 9.17) is 4.52 Å². The van der Waals surface area contributed by atoms with Gasteiger partial charge in [-0.3, -0.25) is 4.57 Å². The van der Waals surface area contributed by atoms with Crippen LogP contribution in [0.1, 0.15) is 23.1 Å². The van der Waals surface area contributed by atoms with Crippen LogP contribution in [0.2, 0.25) is 0 Å². The fourth-order valence-corrected chi connectivity index (χ4v) is 2.88. The van der Waals surface area contributed by atoms with Crippen LogP contribution in [0.5, 0.6) is 0 Å². The Morgan fingerprint density at radius 2 is 1.95 bits per heavy atom. The van der Waals surface area contributed by atoms with Gasteiger partial charge in [0.25, 0.3) is 0 Å². The Morgan fingerprint density at radius 3 is 2.67 bits per heavy atom. The molecule has 0 spiro atoms. The van der Waals surface area contributed by atoms with Crippen molar-refractivity contribution in [3.8, 4) is 5.69 Å². The predicted molar refractivity (Wildman–Crippen MR) is 79.4 cm³/mol. The molecule has 0 unspecified atom stereocenters. The second kappa shape index (κ2) is 5.69. The van der Waals surface area contributed by atoms with Gasteiger partial charge in [-0.15, -0.1) is 10.2 Å². The molecule has 21 heavy (non-hydrogen) atoms. The Hall–Kier alpha value is -2.15. The molecule has 0 bridgehead atoms. The molecular formula is C14H15N5OS. The lowest BCUT2D eigenvalue weighted by molar-refractivity contribution is 0.387. The summed E-state index contributed by atoms with van der Waals surface area (Å²) < 4.78 is 7.17. The molecule has 3 rings (SSSR count). The Morgan fingerprint density at radius 1 is 1.14 bits per heavy atom. The van der Waals surface area contributed by atoms with E-state index in [-0.39, 0.29) is 0 Å². The minimum atomic E-state index is 0.574. The molecular weight excluding hydrogens is 286 g/mol. The molecule has 2 heterocycles. The van der Waals surface area contributed by atoms with Crippen molar-refractivity contribution >= 4 is 11.8 Å². The summed E-state index contributed by atoms with van der Waals surface area (Å²) in [5, 5.41) is 13.0. The van der Waals surface area contributed by atoms with Crippen molar-refractivity contribution in [3.63, 3.8) is 0 Å². The molecule has 0 aliphatic rings. The second-order valence-corrected chi connectivity index (χ2v) is 5.62. The molecule has 0 aliphatic carbocycles. The highest BCUT2D eigenvalue weighted by molar-refractivity contribution is 7.98. The maximum atomic E-state index is 5.12. The van der Waals surface area contributed by atoms with Gasteiger partial charge in [0.15, 0.2) is 11.0 Å². The van der Waals surface area contributed by atoms with Crippen LogP contribution >= 0.6 is 11.8 Å². The minimum absolute atomic E-state index is 0.574.